The number of sulfone groups is 1. The van der Waals surface area contributed by atoms with Crippen molar-refractivity contribution in [2.24, 2.45) is 0 Å². The first kappa shape index (κ1) is 16.7. The van der Waals surface area contributed by atoms with Crippen LogP contribution >= 0.6 is 11.3 Å². The molecule has 0 aliphatic heterocycles. The second-order valence-corrected chi connectivity index (χ2v) is 8.01. The second-order valence-electron chi connectivity index (χ2n) is 4.89. The molecule has 0 fully saturated rings. The number of amides is 1. The van der Waals surface area contributed by atoms with Gasteiger partial charge in [-0.05, 0) is 30.0 Å². The third-order valence-corrected chi connectivity index (χ3v) is 4.69. The summed E-state index contributed by atoms with van der Waals surface area (Å²) in [6.45, 7) is -0.0552. The van der Waals surface area contributed by atoms with Gasteiger partial charge in [0, 0.05) is 17.7 Å². The number of furan rings is 1. The molecule has 1 unspecified atom stereocenters. The van der Waals surface area contributed by atoms with Crippen LogP contribution in [0.25, 0.3) is 0 Å². The molecule has 1 atom stereocenters. The Morgan fingerprint density at radius 3 is 2.77 bits per heavy atom. The van der Waals surface area contributed by atoms with Crippen LogP contribution in [0.1, 0.15) is 33.7 Å². The van der Waals surface area contributed by atoms with Crippen molar-refractivity contribution >= 4 is 27.1 Å². The molecular weight excluding hydrogens is 326 g/mol. The first-order valence-electron chi connectivity index (χ1n) is 6.60. The Balaban J connectivity index is 2.07. The second kappa shape index (κ2) is 7.08. The minimum Gasteiger partial charge on any atom is -0.455 e. The maximum Gasteiger partial charge on any atom is 0.287 e. The standard InChI is InChI=1S/C14H17NO5S2/c1-22(18,19)9-10-4-5-12(20-10)14(17)15-11(6-7-16)13-3-2-8-21-13/h2-5,8,11,16H,6-7,9H2,1H3,(H,15,17). The maximum atomic E-state index is 12.2. The van der Waals surface area contributed by atoms with Gasteiger partial charge < -0.3 is 14.8 Å². The summed E-state index contributed by atoms with van der Waals surface area (Å²) in [5, 5.41) is 13.8. The summed E-state index contributed by atoms with van der Waals surface area (Å²) in [4.78, 5) is 13.1. The molecule has 0 saturated heterocycles. The van der Waals surface area contributed by atoms with E-state index in [1.807, 2.05) is 17.5 Å². The number of thiophene rings is 1. The van der Waals surface area contributed by atoms with E-state index in [1.165, 1.54) is 23.5 Å². The zero-order valence-electron chi connectivity index (χ0n) is 12.0. The van der Waals surface area contributed by atoms with Crippen LogP contribution < -0.4 is 5.32 Å². The quantitative estimate of drug-likeness (QED) is 0.798. The van der Waals surface area contributed by atoms with Gasteiger partial charge in [0.15, 0.2) is 15.6 Å². The molecule has 0 spiro atoms. The molecule has 2 aromatic heterocycles. The fraction of sp³-hybridized carbons (Fsp3) is 0.357. The normalized spacial score (nSPS) is 13.0. The molecule has 0 radical (unpaired) electrons. The highest BCUT2D eigenvalue weighted by molar-refractivity contribution is 7.89. The van der Waals surface area contributed by atoms with Crippen molar-refractivity contribution in [3.63, 3.8) is 0 Å². The van der Waals surface area contributed by atoms with Crippen molar-refractivity contribution in [2.45, 2.75) is 18.2 Å². The molecule has 22 heavy (non-hydrogen) atoms. The highest BCUT2D eigenvalue weighted by Crippen LogP contribution is 2.22. The van der Waals surface area contributed by atoms with E-state index in [2.05, 4.69) is 5.32 Å². The molecule has 2 heterocycles. The van der Waals surface area contributed by atoms with Crippen LogP contribution in [-0.4, -0.2) is 32.3 Å². The van der Waals surface area contributed by atoms with E-state index in [4.69, 9.17) is 9.52 Å². The van der Waals surface area contributed by atoms with Gasteiger partial charge in [-0.25, -0.2) is 8.42 Å². The highest BCUT2D eigenvalue weighted by atomic mass is 32.2. The summed E-state index contributed by atoms with van der Waals surface area (Å²) in [5.74, 6) is -0.405. The number of hydrogen-bond acceptors (Lipinski definition) is 6. The average molecular weight is 343 g/mol. The number of carbonyl (C=O) groups is 1. The summed E-state index contributed by atoms with van der Waals surface area (Å²) >= 11 is 1.49. The van der Waals surface area contributed by atoms with Crippen LogP contribution in [0, 0.1) is 0 Å². The van der Waals surface area contributed by atoms with E-state index in [1.54, 1.807) is 0 Å². The molecule has 0 aliphatic rings. The fourth-order valence-corrected chi connectivity index (χ4v) is 3.45. The molecule has 0 saturated carbocycles. The molecule has 1 amide bonds. The summed E-state index contributed by atoms with van der Waals surface area (Å²) in [7, 11) is -3.21. The molecule has 2 N–H and O–H groups in total. The molecule has 0 bridgehead atoms. The first-order chi connectivity index (χ1) is 10.4. The highest BCUT2D eigenvalue weighted by Gasteiger charge is 2.19. The van der Waals surface area contributed by atoms with Gasteiger partial charge in [-0.1, -0.05) is 6.07 Å². The van der Waals surface area contributed by atoms with E-state index < -0.39 is 15.7 Å². The van der Waals surface area contributed by atoms with Crippen LogP contribution in [0.4, 0.5) is 0 Å². The van der Waals surface area contributed by atoms with E-state index in [-0.39, 0.29) is 29.9 Å². The molecule has 0 aromatic carbocycles. The number of nitrogens with one attached hydrogen (secondary N) is 1. The molecule has 0 aliphatic carbocycles. The van der Waals surface area contributed by atoms with Gasteiger partial charge in [-0.15, -0.1) is 11.3 Å². The lowest BCUT2D eigenvalue weighted by atomic mass is 10.1. The van der Waals surface area contributed by atoms with Gasteiger partial charge in [-0.3, -0.25) is 4.79 Å². The smallest absolute Gasteiger partial charge is 0.287 e. The predicted octanol–water partition coefficient (Wildman–Crippen LogP) is 1.74. The summed E-state index contributed by atoms with van der Waals surface area (Å²) in [6.07, 6.45) is 1.49. The van der Waals surface area contributed by atoms with Crippen molar-refractivity contribution < 1.29 is 22.7 Å². The largest absolute Gasteiger partial charge is 0.455 e. The lowest BCUT2D eigenvalue weighted by molar-refractivity contribution is 0.0901. The number of hydrogen-bond donors (Lipinski definition) is 2. The third kappa shape index (κ3) is 4.69. The van der Waals surface area contributed by atoms with Crippen LogP contribution in [0.5, 0.6) is 0 Å². The van der Waals surface area contributed by atoms with Crippen LogP contribution in [0.2, 0.25) is 0 Å². The maximum absolute atomic E-state index is 12.2. The summed E-state index contributed by atoms with van der Waals surface area (Å²) in [6, 6.07) is 6.36. The monoisotopic (exact) mass is 343 g/mol. The first-order valence-corrected chi connectivity index (χ1v) is 9.54. The minimum atomic E-state index is -3.21. The Hall–Kier alpha value is -1.64. The van der Waals surface area contributed by atoms with Gasteiger partial charge in [0.1, 0.15) is 11.5 Å². The molecule has 6 nitrogen and oxygen atoms in total. The van der Waals surface area contributed by atoms with Gasteiger partial charge in [0.25, 0.3) is 5.91 Å². The van der Waals surface area contributed by atoms with Crippen LogP contribution in [-0.2, 0) is 15.6 Å². The Kier molecular flexibility index (Phi) is 5.38. The molecule has 2 aromatic rings. The number of aliphatic hydroxyl groups is 1. The van der Waals surface area contributed by atoms with E-state index in [0.717, 1.165) is 11.1 Å². The Morgan fingerprint density at radius 1 is 1.41 bits per heavy atom. The van der Waals surface area contributed by atoms with Crippen LogP contribution in [0.3, 0.4) is 0 Å². The van der Waals surface area contributed by atoms with Crippen molar-refractivity contribution in [1.82, 2.24) is 5.32 Å². The topological polar surface area (TPSA) is 96.6 Å². The van der Waals surface area contributed by atoms with Gasteiger partial charge >= 0.3 is 0 Å². The lowest BCUT2D eigenvalue weighted by Crippen LogP contribution is -2.28. The van der Waals surface area contributed by atoms with E-state index in [0.29, 0.717) is 6.42 Å². The molecule has 2 rings (SSSR count). The predicted molar refractivity (Wildman–Crippen MR) is 83.5 cm³/mol. The van der Waals surface area contributed by atoms with Gasteiger partial charge in [-0.2, -0.15) is 0 Å². The minimum absolute atomic E-state index is 0.0538. The van der Waals surface area contributed by atoms with E-state index in [9.17, 15) is 13.2 Å². The van der Waals surface area contributed by atoms with Gasteiger partial charge in [0.05, 0.1) is 6.04 Å². The Labute approximate surface area is 132 Å². The molecule has 8 heteroatoms. The average Bonchev–Trinajstić information content (AvgIpc) is 3.07. The lowest BCUT2D eigenvalue weighted by Gasteiger charge is -2.15. The Morgan fingerprint density at radius 2 is 2.18 bits per heavy atom. The van der Waals surface area contributed by atoms with Crippen molar-refractivity contribution in [1.29, 1.82) is 0 Å². The molecule has 120 valence electrons. The SMILES string of the molecule is CS(=O)(=O)Cc1ccc(C(=O)NC(CCO)c2cccs2)o1. The zero-order chi connectivity index (χ0) is 16.2. The van der Waals surface area contributed by atoms with Gasteiger partial charge in [0.2, 0.25) is 0 Å². The third-order valence-electron chi connectivity index (χ3n) is 2.90. The van der Waals surface area contributed by atoms with Crippen molar-refractivity contribution in [3.05, 3.63) is 46.0 Å². The number of rotatable bonds is 7. The van der Waals surface area contributed by atoms with Crippen molar-refractivity contribution in [3.8, 4) is 0 Å². The number of aliphatic hydroxyl groups excluding tert-OH is 1. The fourth-order valence-electron chi connectivity index (χ4n) is 1.97. The zero-order valence-corrected chi connectivity index (χ0v) is 13.6. The summed E-state index contributed by atoms with van der Waals surface area (Å²) in [5.41, 5.74) is 0. The van der Waals surface area contributed by atoms with Crippen molar-refractivity contribution in [2.75, 3.05) is 12.9 Å². The van der Waals surface area contributed by atoms with E-state index >= 15 is 0 Å². The summed E-state index contributed by atoms with van der Waals surface area (Å²) < 4.78 is 27.7. The number of carbonyl (C=O) groups excluding carboxylic acids is 1. The molecular formula is C14H17NO5S2. The Bertz CT molecular complexity index is 718. The van der Waals surface area contributed by atoms with Crippen LogP contribution in [0.15, 0.2) is 34.1 Å².